The Hall–Kier alpha value is -1.69. The highest BCUT2D eigenvalue weighted by Gasteiger charge is 2.18. The number of nitrogens with one attached hydrogen (secondary N) is 1. The third-order valence-electron chi connectivity index (χ3n) is 3.80. The van der Waals surface area contributed by atoms with Crippen LogP contribution in [0, 0.1) is 0 Å². The molecule has 0 spiro atoms. The van der Waals surface area contributed by atoms with Gasteiger partial charge in [-0.15, -0.1) is 0 Å². The molecular weight excluding hydrogens is 254 g/mol. The van der Waals surface area contributed by atoms with Gasteiger partial charge in [-0.3, -0.25) is 9.69 Å². The van der Waals surface area contributed by atoms with Crippen LogP contribution in [-0.4, -0.2) is 54.0 Å². The van der Waals surface area contributed by atoms with Gasteiger partial charge in [0.2, 0.25) is 11.9 Å². The first-order chi connectivity index (χ1) is 9.61. The Balaban J connectivity index is 1.94. The van der Waals surface area contributed by atoms with E-state index in [2.05, 4.69) is 20.2 Å². The Morgan fingerprint density at radius 2 is 2.00 bits per heavy atom. The van der Waals surface area contributed by atoms with Crippen molar-refractivity contribution in [3.63, 3.8) is 0 Å². The maximum atomic E-state index is 11.6. The van der Waals surface area contributed by atoms with Crippen LogP contribution >= 0.6 is 0 Å². The summed E-state index contributed by atoms with van der Waals surface area (Å²) in [6.45, 7) is 4.65. The number of hydrogen-bond donors (Lipinski definition) is 1. The highest BCUT2D eigenvalue weighted by molar-refractivity contribution is 5.80. The molecular formula is C14H23N5O. The second kappa shape index (κ2) is 6.65. The SMILES string of the molecule is CNC(=O)C(C)N(C)Cc1cnc(N2CCCC2)nc1. The molecule has 0 bridgehead atoms. The van der Waals surface area contributed by atoms with Crippen LogP contribution in [0.4, 0.5) is 5.95 Å². The van der Waals surface area contributed by atoms with Gasteiger partial charge in [0.25, 0.3) is 0 Å². The largest absolute Gasteiger partial charge is 0.358 e. The lowest BCUT2D eigenvalue weighted by Gasteiger charge is -2.23. The van der Waals surface area contributed by atoms with Crippen LogP contribution in [0.2, 0.25) is 0 Å². The number of carbonyl (C=O) groups excluding carboxylic acids is 1. The zero-order valence-electron chi connectivity index (χ0n) is 12.5. The Kier molecular flexibility index (Phi) is 4.89. The molecule has 1 unspecified atom stereocenters. The van der Waals surface area contributed by atoms with E-state index in [0.29, 0.717) is 6.54 Å². The summed E-state index contributed by atoms with van der Waals surface area (Å²) in [6, 6.07) is -0.168. The van der Waals surface area contributed by atoms with E-state index in [9.17, 15) is 4.79 Å². The number of likely N-dealkylation sites (N-methyl/N-ethyl adjacent to an activating group) is 2. The highest BCUT2D eigenvalue weighted by atomic mass is 16.2. The van der Waals surface area contributed by atoms with Gasteiger partial charge in [0, 0.05) is 44.6 Å². The van der Waals surface area contributed by atoms with E-state index >= 15 is 0 Å². The van der Waals surface area contributed by atoms with Gasteiger partial charge in [-0.2, -0.15) is 0 Å². The zero-order chi connectivity index (χ0) is 14.5. The van der Waals surface area contributed by atoms with Crippen molar-refractivity contribution >= 4 is 11.9 Å². The van der Waals surface area contributed by atoms with Gasteiger partial charge in [0.05, 0.1) is 6.04 Å². The third kappa shape index (κ3) is 3.45. The first kappa shape index (κ1) is 14.7. The van der Waals surface area contributed by atoms with Gasteiger partial charge in [0.15, 0.2) is 0 Å². The molecule has 1 saturated heterocycles. The third-order valence-corrected chi connectivity index (χ3v) is 3.80. The summed E-state index contributed by atoms with van der Waals surface area (Å²) in [5.41, 5.74) is 1.02. The number of rotatable bonds is 5. The smallest absolute Gasteiger partial charge is 0.236 e. The van der Waals surface area contributed by atoms with Crippen LogP contribution < -0.4 is 10.2 Å². The molecule has 2 rings (SSSR count). The van der Waals surface area contributed by atoms with Crippen molar-refractivity contribution in [1.29, 1.82) is 0 Å². The molecule has 1 fully saturated rings. The van der Waals surface area contributed by atoms with Crippen LogP contribution in [0.5, 0.6) is 0 Å². The van der Waals surface area contributed by atoms with Crippen molar-refractivity contribution in [2.24, 2.45) is 0 Å². The molecule has 6 nitrogen and oxygen atoms in total. The number of nitrogens with zero attached hydrogens (tertiary/aromatic N) is 4. The Morgan fingerprint density at radius 3 is 2.55 bits per heavy atom. The Morgan fingerprint density at radius 1 is 1.40 bits per heavy atom. The average molecular weight is 277 g/mol. The highest BCUT2D eigenvalue weighted by Crippen LogP contribution is 2.15. The second-order valence-corrected chi connectivity index (χ2v) is 5.29. The maximum Gasteiger partial charge on any atom is 0.236 e. The molecule has 0 aliphatic carbocycles. The molecule has 110 valence electrons. The summed E-state index contributed by atoms with van der Waals surface area (Å²) in [7, 11) is 3.58. The minimum atomic E-state index is -0.168. The zero-order valence-corrected chi connectivity index (χ0v) is 12.5. The van der Waals surface area contributed by atoms with E-state index in [4.69, 9.17) is 0 Å². The van der Waals surface area contributed by atoms with E-state index in [1.807, 2.05) is 31.3 Å². The molecule has 1 aliphatic heterocycles. The van der Waals surface area contributed by atoms with Gasteiger partial charge < -0.3 is 10.2 Å². The van der Waals surface area contributed by atoms with E-state index < -0.39 is 0 Å². The number of anilines is 1. The average Bonchev–Trinajstić information content (AvgIpc) is 3.00. The summed E-state index contributed by atoms with van der Waals surface area (Å²) in [5.74, 6) is 0.829. The monoisotopic (exact) mass is 277 g/mol. The lowest BCUT2D eigenvalue weighted by molar-refractivity contribution is -0.125. The number of carbonyl (C=O) groups is 1. The number of amides is 1. The minimum absolute atomic E-state index is 0.0158. The standard InChI is InChI=1S/C14H23N5O/c1-11(13(20)15-2)18(3)10-12-8-16-14(17-9-12)19-6-4-5-7-19/h8-9,11H,4-7,10H2,1-3H3,(H,15,20). The predicted molar refractivity (Wildman–Crippen MR) is 78.5 cm³/mol. The summed E-state index contributed by atoms with van der Waals surface area (Å²) >= 11 is 0. The number of hydrogen-bond acceptors (Lipinski definition) is 5. The van der Waals surface area contributed by atoms with Gasteiger partial charge in [-0.1, -0.05) is 0 Å². The van der Waals surface area contributed by atoms with Crippen molar-refractivity contribution in [3.8, 4) is 0 Å². The Bertz CT molecular complexity index is 441. The molecule has 0 aromatic carbocycles. The van der Waals surface area contributed by atoms with Gasteiger partial charge >= 0.3 is 0 Å². The molecule has 6 heteroatoms. The van der Waals surface area contributed by atoms with Crippen molar-refractivity contribution < 1.29 is 4.79 Å². The van der Waals surface area contributed by atoms with Crippen molar-refractivity contribution in [2.75, 3.05) is 32.1 Å². The molecule has 1 atom stereocenters. The molecule has 1 amide bonds. The van der Waals surface area contributed by atoms with Crippen LogP contribution in [-0.2, 0) is 11.3 Å². The lowest BCUT2D eigenvalue weighted by Crippen LogP contribution is -2.41. The molecule has 1 aromatic heterocycles. The minimum Gasteiger partial charge on any atom is -0.358 e. The van der Waals surface area contributed by atoms with Crippen LogP contribution in [0.15, 0.2) is 12.4 Å². The van der Waals surface area contributed by atoms with E-state index in [1.54, 1.807) is 7.05 Å². The normalized spacial score (nSPS) is 16.5. The van der Waals surface area contributed by atoms with Crippen LogP contribution in [0.3, 0.4) is 0 Å². The summed E-state index contributed by atoms with van der Waals surface area (Å²) in [6.07, 6.45) is 6.15. The van der Waals surface area contributed by atoms with Crippen molar-refractivity contribution in [3.05, 3.63) is 18.0 Å². The fourth-order valence-electron chi connectivity index (χ4n) is 2.34. The topological polar surface area (TPSA) is 61.4 Å². The second-order valence-electron chi connectivity index (χ2n) is 5.29. The summed E-state index contributed by atoms with van der Waals surface area (Å²) in [4.78, 5) is 24.6. The molecule has 20 heavy (non-hydrogen) atoms. The van der Waals surface area contributed by atoms with E-state index in [0.717, 1.165) is 24.6 Å². The van der Waals surface area contributed by atoms with Gasteiger partial charge in [0.1, 0.15) is 0 Å². The predicted octanol–water partition coefficient (Wildman–Crippen LogP) is 0.643. The van der Waals surface area contributed by atoms with Crippen LogP contribution in [0.1, 0.15) is 25.3 Å². The molecule has 0 saturated carbocycles. The lowest BCUT2D eigenvalue weighted by atomic mass is 10.2. The number of aromatic nitrogens is 2. The van der Waals surface area contributed by atoms with Gasteiger partial charge in [-0.05, 0) is 26.8 Å². The first-order valence-corrected chi connectivity index (χ1v) is 7.09. The fourth-order valence-corrected chi connectivity index (χ4v) is 2.34. The molecule has 0 radical (unpaired) electrons. The molecule has 1 aliphatic rings. The first-order valence-electron chi connectivity index (χ1n) is 7.09. The maximum absolute atomic E-state index is 11.6. The van der Waals surface area contributed by atoms with E-state index in [1.165, 1.54) is 12.8 Å². The van der Waals surface area contributed by atoms with Crippen molar-refractivity contribution in [2.45, 2.75) is 32.4 Å². The van der Waals surface area contributed by atoms with Gasteiger partial charge in [-0.25, -0.2) is 9.97 Å². The summed E-state index contributed by atoms with van der Waals surface area (Å²) in [5, 5.41) is 2.66. The molecule has 1 N–H and O–H groups in total. The van der Waals surface area contributed by atoms with Crippen molar-refractivity contribution in [1.82, 2.24) is 20.2 Å². The van der Waals surface area contributed by atoms with Crippen LogP contribution in [0.25, 0.3) is 0 Å². The van der Waals surface area contributed by atoms with E-state index in [-0.39, 0.29) is 11.9 Å². The summed E-state index contributed by atoms with van der Waals surface area (Å²) < 4.78 is 0. The Labute approximate surface area is 120 Å². The quantitative estimate of drug-likeness (QED) is 0.856. The molecule has 1 aromatic rings. The fraction of sp³-hybridized carbons (Fsp3) is 0.643. The molecule has 2 heterocycles.